The average Bonchev–Trinajstić information content (AvgIpc) is 3.89. The first kappa shape index (κ1) is 36.2. The molecule has 0 spiro atoms. The number of fused-ring (bicyclic) bond motifs is 9. The number of para-hydroxylation sites is 3. The third-order valence-electron chi connectivity index (χ3n) is 13.0. The van der Waals surface area contributed by atoms with Crippen molar-refractivity contribution in [2.45, 2.75) is 0 Å². The predicted octanol–water partition coefficient (Wildman–Crippen LogP) is 16.3. The molecule has 3 heteroatoms. The van der Waals surface area contributed by atoms with Crippen LogP contribution in [0.5, 0.6) is 0 Å². The molecular weight excluding hydrogens is 775 g/mol. The minimum absolute atomic E-state index is 0.910. The first-order chi connectivity index (χ1) is 31.7. The molecule has 10 aromatic carbocycles. The maximum atomic E-state index is 5.56. The second-order valence-corrected chi connectivity index (χ2v) is 16.8. The minimum atomic E-state index is 0.910. The highest BCUT2D eigenvalue weighted by atomic mass is 15.0. The van der Waals surface area contributed by atoms with Crippen LogP contribution in [0.3, 0.4) is 0 Å². The fraction of sp³-hybridized carbons (Fsp3) is 0. The van der Waals surface area contributed by atoms with E-state index in [1.54, 1.807) is 0 Å². The molecule has 0 fully saturated rings. The molecule has 0 aliphatic carbocycles. The van der Waals surface area contributed by atoms with Crippen LogP contribution in [-0.2, 0) is 0 Å². The van der Waals surface area contributed by atoms with Gasteiger partial charge < -0.3 is 9.13 Å². The normalized spacial score (nSPS) is 11.8. The molecule has 0 saturated heterocycles. The molecule has 0 bridgehead atoms. The molecule has 0 N–H and O–H groups in total. The summed E-state index contributed by atoms with van der Waals surface area (Å²) in [4.78, 5) is 5.56. The Bertz CT molecular complexity index is 3820. The molecule has 3 heterocycles. The van der Waals surface area contributed by atoms with Crippen molar-refractivity contribution < 1.29 is 0 Å². The van der Waals surface area contributed by atoms with Crippen molar-refractivity contribution in [3.63, 3.8) is 0 Å². The average molecular weight is 814 g/mol. The standard InChI is InChI=1S/C61H39N3/c1-2-22-50(23-3-1)63-58-26-10-8-24-52(58)54-32-33-55-53-25-9-11-27-59(53)64(61(55)60(54)63)51-38-56(48-20-12-18-44(36-48)46-30-28-40-14-4-6-16-42(40)34-46)62-57(39-51)49-21-13-19-45(37-49)47-31-29-41-15-5-7-17-43(41)35-47/h1-39H. The zero-order valence-electron chi connectivity index (χ0n) is 34.9. The topological polar surface area (TPSA) is 22.8 Å². The Morgan fingerprint density at radius 1 is 0.250 bits per heavy atom. The van der Waals surface area contributed by atoms with E-state index in [1.807, 2.05) is 0 Å². The van der Waals surface area contributed by atoms with Gasteiger partial charge in [-0.2, -0.15) is 0 Å². The van der Waals surface area contributed by atoms with Crippen LogP contribution in [0.1, 0.15) is 0 Å². The second kappa shape index (κ2) is 14.5. The fourth-order valence-electron chi connectivity index (χ4n) is 10.0. The lowest BCUT2D eigenvalue weighted by molar-refractivity contribution is 1.14. The van der Waals surface area contributed by atoms with E-state index in [4.69, 9.17) is 4.98 Å². The van der Waals surface area contributed by atoms with Crippen LogP contribution in [0.15, 0.2) is 237 Å². The molecule has 0 saturated carbocycles. The van der Waals surface area contributed by atoms with E-state index in [-0.39, 0.29) is 0 Å². The summed E-state index contributed by atoms with van der Waals surface area (Å²) in [6.07, 6.45) is 0. The number of rotatable bonds is 6. The number of nitrogens with zero attached hydrogens (tertiary/aromatic N) is 3. The summed E-state index contributed by atoms with van der Waals surface area (Å²) in [5, 5.41) is 9.79. The fourth-order valence-corrected chi connectivity index (χ4v) is 10.0. The SMILES string of the molecule is c1ccc(-n2c3ccccc3c3ccc4c5ccccc5n(-c5cc(-c6cccc(-c7ccc8ccccc8c7)c6)nc(-c6cccc(-c7ccc8ccccc8c7)c6)c5)c4c32)cc1. The van der Waals surface area contributed by atoms with Gasteiger partial charge in [-0.3, -0.25) is 0 Å². The highest BCUT2D eigenvalue weighted by Crippen LogP contribution is 2.43. The summed E-state index contributed by atoms with van der Waals surface area (Å²) in [6.45, 7) is 0. The first-order valence-corrected chi connectivity index (χ1v) is 21.9. The molecule has 3 nitrogen and oxygen atoms in total. The van der Waals surface area contributed by atoms with E-state index in [1.165, 1.54) is 65.3 Å². The maximum absolute atomic E-state index is 5.56. The highest BCUT2D eigenvalue weighted by Gasteiger charge is 2.22. The molecule has 0 amide bonds. The Morgan fingerprint density at radius 2 is 0.672 bits per heavy atom. The van der Waals surface area contributed by atoms with E-state index in [2.05, 4.69) is 246 Å². The zero-order valence-corrected chi connectivity index (χ0v) is 34.9. The molecule has 0 radical (unpaired) electrons. The van der Waals surface area contributed by atoms with Gasteiger partial charge in [0.1, 0.15) is 0 Å². The van der Waals surface area contributed by atoms with E-state index in [0.717, 1.165) is 56.0 Å². The van der Waals surface area contributed by atoms with Gasteiger partial charge in [0, 0.05) is 38.4 Å². The summed E-state index contributed by atoms with van der Waals surface area (Å²) in [5.74, 6) is 0. The summed E-state index contributed by atoms with van der Waals surface area (Å²) in [5.41, 5.74) is 15.5. The molecule has 0 unspecified atom stereocenters. The van der Waals surface area contributed by atoms with Crippen LogP contribution in [0, 0.1) is 0 Å². The second-order valence-electron chi connectivity index (χ2n) is 16.8. The zero-order chi connectivity index (χ0) is 42.1. The Balaban J connectivity index is 1.09. The molecule has 298 valence electrons. The highest BCUT2D eigenvalue weighted by molar-refractivity contribution is 6.24. The van der Waals surface area contributed by atoms with Crippen LogP contribution in [-0.4, -0.2) is 14.1 Å². The van der Waals surface area contributed by atoms with Gasteiger partial charge in [0.2, 0.25) is 0 Å². The van der Waals surface area contributed by atoms with E-state index in [0.29, 0.717) is 0 Å². The molecule has 0 aliphatic rings. The third kappa shape index (κ3) is 5.86. The monoisotopic (exact) mass is 813 g/mol. The first-order valence-electron chi connectivity index (χ1n) is 21.9. The molecule has 3 aromatic heterocycles. The number of benzene rings is 10. The number of aromatic nitrogens is 3. The lowest BCUT2D eigenvalue weighted by atomic mass is 9.97. The van der Waals surface area contributed by atoms with E-state index < -0.39 is 0 Å². The van der Waals surface area contributed by atoms with Gasteiger partial charge in [0.05, 0.1) is 39.1 Å². The van der Waals surface area contributed by atoms with E-state index in [9.17, 15) is 0 Å². The Labute approximate surface area is 370 Å². The molecule has 64 heavy (non-hydrogen) atoms. The summed E-state index contributed by atoms with van der Waals surface area (Å²) < 4.78 is 4.94. The van der Waals surface area contributed by atoms with Crippen molar-refractivity contribution in [2.24, 2.45) is 0 Å². The van der Waals surface area contributed by atoms with Gasteiger partial charge in [-0.25, -0.2) is 4.98 Å². The number of hydrogen-bond donors (Lipinski definition) is 0. The Hall–Kier alpha value is -8.53. The van der Waals surface area contributed by atoms with Crippen LogP contribution in [0.25, 0.3) is 121 Å². The molecule has 13 rings (SSSR count). The van der Waals surface area contributed by atoms with Gasteiger partial charge in [0.15, 0.2) is 0 Å². The van der Waals surface area contributed by atoms with Gasteiger partial charge in [-0.15, -0.1) is 0 Å². The Morgan fingerprint density at radius 3 is 1.20 bits per heavy atom. The number of pyridine rings is 1. The maximum Gasteiger partial charge on any atom is 0.0788 e. The molecule has 13 aromatic rings. The third-order valence-corrected chi connectivity index (χ3v) is 13.0. The van der Waals surface area contributed by atoms with Crippen LogP contribution >= 0.6 is 0 Å². The molecule has 0 atom stereocenters. The van der Waals surface area contributed by atoms with Crippen molar-refractivity contribution in [1.82, 2.24) is 14.1 Å². The van der Waals surface area contributed by atoms with Gasteiger partial charge in [0.25, 0.3) is 0 Å². The van der Waals surface area contributed by atoms with Crippen molar-refractivity contribution in [3.8, 4) is 56.1 Å². The molecular formula is C61H39N3. The summed E-state index contributed by atoms with van der Waals surface area (Å²) >= 11 is 0. The van der Waals surface area contributed by atoms with Gasteiger partial charge in [-0.1, -0.05) is 176 Å². The van der Waals surface area contributed by atoms with Crippen molar-refractivity contribution >= 4 is 65.2 Å². The van der Waals surface area contributed by atoms with Crippen LogP contribution < -0.4 is 0 Å². The summed E-state index contributed by atoms with van der Waals surface area (Å²) in [7, 11) is 0. The van der Waals surface area contributed by atoms with Crippen LogP contribution in [0.4, 0.5) is 0 Å². The van der Waals surface area contributed by atoms with Crippen molar-refractivity contribution in [1.29, 1.82) is 0 Å². The largest absolute Gasteiger partial charge is 0.307 e. The van der Waals surface area contributed by atoms with Crippen molar-refractivity contribution in [2.75, 3.05) is 0 Å². The van der Waals surface area contributed by atoms with E-state index >= 15 is 0 Å². The number of hydrogen-bond acceptors (Lipinski definition) is 1. The van der Waals surface area contributed by atoms with Gasteiger partial charge >= 0.3 is 0 Å². The lowest BCUT2D eigenvalue weighted by Crippen LogP contribution is -2.01. The minimum Gasteiger partial charge on any atom is -0.307 e. The Kier molecular flexibility index (Phi) is 8.22. The summed E-state index contributed by atoms with van der Waals surface area (Å²) in [6, 6.07) is 85.9. The molecule has 0 aliphatic heterocycles. The van der Waals surface area contributed by atoms with Gasteiger partial charge in [-0.05, 0) is 104 Å². The lowest BCUT2D eigenvalue weighted by Gasteiger charge is -2.16. The smallest absolute Gasteiger partial charge is 0.0788 e. The van der Waals surface area contributed by atoms with Crippen LogP contribution in [0.2, 0.25) is 0 Å². The predicted molar refractivity (Wildman–Crippen MR) is 270 cm³/mol. The van der Waals surface area contributed by atoms with Crippen molar-refractivity contribution in [3.05, 3.63) is 237 Å². The quantitative estimate of drug-likeness (QED) is 0.164.